The van der Waals surface area contributed by atoms with Gasteiger partial charge in [0.1, 0.15) is 5.75 Å². The second kappa shape index (κ2) is 7.29. The highest BCUT2D eigenvalue weighted by atomic mass is 16.5. The lowest BCUT2D eigenvalue weighted by molar-refractivity contribution is 0.0818. The minimum atomic E-state index is -0.538. The van der Waals surface area contributed by atoms with Gasteiger partial charge in [0, 0.05) is 5.56 Å². The largest absolute Gasteiger partial charge is 0.491 e. The van der Waals surface area contributed by atoms with E-state index < -0.39 is 5.54 Å². The van der Waals surface area contributed by atoms with Gasteiger partial charge in [0.25, 0.3) is 5.91 Å². The van der Waals surface area contributed by atoms with Gasteiger partial charge in [0.05, 0.1) is 18.2 Å². The zero-order chi connectivity index (χ0) is 15.2. The van der Waals surface area contributed by atoms with Gasteiger partial charge in [-0.2, -0.15) is 0 Å². The normalized spacial score (nSPS) is 11.5. The Morgan fingerprint density at radius 2 is 1.80 bits per heavy atom. The summed E-state index contributed by atoms with van der Waals surface area (Å²) in [6, 6.07) is 7.04. The Labute approximate surface area is 121 Å². The second-order valence-corrected chi connectivity index (χ2v) is 5.29. The zero-order valence-electron chi connectivity index (χ0n) is 12.8. The van der Waals surface area contributed by atoms with Gasteiger partial charge in [-0.1, -0.05) is 13.8 Å². The van der Waals surface area contributed by atoms with Crippen LogP contribution in [-0.4, -0.2) is 29.3 Å². The molecule has 0 aliphatic rings. The first-order valence-electron chi connectivity index (χ1n) is 7.16. The third kappa shape index (κ3) is 4.23. The van der Waals surface area contributed by atoms with Crippen molar-refractivity contribution in [1.82, 2.24) is 5.32 Å². The minimum absolute atomic E-state index is 0.0553. The Morgan fingerprint density at radius 3 is 2.20 bits per heavy atom. The van der Waals surface area contributed by atoms with Crippen molar-refractivity contribution in [1.29, 1.82) is 0 Å². The smallest absolute Gasteiger partial charge is 0.251 e. The SMILES string of the molecule is CCC(CC)(CO)NC(=O)c1ccc(OC(C)C)cc1. The molecule has 20 heavy (non-hydrogen) atoms. The lowest BCUT2D eigenvalue weighted by Crippen LogP contribution is -2.50. The molecule has 0 atom stereocenters. The van der Waals surface area contributed by atoms with Gasteiger partial charge < -0.3 is 15.2 Å². The molecule has 0 spiro atoms. The van der Waals surface area contributed by atoms with E-state index >= 15 is 0 Å². The van der Waals surface area contributed by atoms with Gasteiger partial charge in [-0.25, -0.2) is 0 Å². The van der Waals surface area contributed by atoms with Crippen LogP contribution in [0.4, 0.5) is 0 Å². The molecule has 0 aliphatic heterocycles. The monoisotopic (exact) mass is 279 g/mol. The third-order valence-corrected chi connectivity index (χ3v) is 3.52. The summed E-state index contributed by atoms with van der Waals surface area (Å²) < 4.78 is 5.54. The number of benzene rings is 1. The number of aliphatic hydroxyl groups is 1. The van der Waals surface area contributed by atoms with Crippen LogP contribution in [0.3, 0.4) is 0 Å². The molecule has 1 amide bonds. The van der Waals surface area contributed by atoms with Crippen LogP contribution in [0, 0.1) is 0 Å². The maximum atomic E-state index is 12.2. The van der Waals surface area contributed by atoms with Crippen LogP contribution in [0.5, 0.6) is 5.75 Å². The van der Waals surface area contributed by atoms with E-state index in [2.05, 4.69) is 5.32 Å². The molecule has 0 aliphatic carbocycles. The molecule has 0 radical (unpaired) electrons. The average molecular weight is 279 g/mol. The summed E-state index contributed by atoms with van der Waals surface area (Å²) in [6.07, 6.45) is 1.50. The molecular formula is C16H25NO3. The summed E-state index contributed by atoms with van der Waals surface area (Å²) in [5, 5.41) is 12.4. The molecule has 0 fully saturated rings. The predicted octanol–water partition coefficient (Wildman–Crippen LogP) is 2.75. The van der Waals surface area contributed by atoms with Gasteiger partial charge in [0.2, 0.25) is 0 Å². The summed E-state index contributed by atoms with van der Waals surface area (Å²) >= 11 is 0. The molecule has 0 unspecified atom stereocenters. The highest BCUT2D eigenvalue weighted by molar-refractivity contribution is 5.94. The molecule has 112 valence electrons. The molecule has 2 N–H and O–H groups in total. The number of hydrogen-bond donors (Lipinski definition) is 2. The topological polar surface area (TPSA) is 58.6 Å². The molecule has 4 heteroatoms. The zero-order valence-corrected chi connectivity index (χ0v) is 12.8. The highest BCUT2D eigenvalue weighted by Crippen LogP contribution is 2.17. The molecule has 1 aromatic rings. The highest BCUT2D eigenvalue weighted by Gasteiger charge is 2.27. The van der Waals surface area contributed by atoms with E-state index in [1.54, 1.807) is 24.3 Å². The van der Waals surface area contributed by atoms with Crippen molar-refractivity contribution in [3.8, 4) is 5.75 Å². The van der Waals surface area contributed by atoms with Crippen molar-refractivity contribution in [3.05, 3.63) is 29.8 Å². The fraction of sp³-hybridized carbons (Fsp3) is 0.562. The van der Waals surface area contributed by atoms with Crippen LogP contribution >= 0.6 is 0 Å². The quantitative estimate of drug-likeness (QED) is 0.807. The molecular weight excluding hydrogens is 254 g/mol. The summed E-state index contributed by atoms with van der Waals surface area (Å²) in [7, 11) is 0. The van der Waals surface area contributed by atoms with Crippen molar-refractivity contribution in [2.24, 2.45) is 0 Å². The van der Waals surface area contributed by atoms with Crippen molar-refractivity contribution in [3.63, 3.8) is 0 Å². The van der Waals surface area contributed by atoms with Crippen LogP contribution in [0.25, 0.3) is 0 Å². The molecule has 4 nitrogen and oxygen atoms in total. The van der Waals surface area contributed by atoms with Crippen LogP contribution < -0.4 is 10.1 Å². The molecule has 0 bridgehead atoms. The first kappa shape index (κ1) is 16.5. The Bertz CT molecular complexity index is 414. The molecule has 1 rings (SSSR count). The average Bonchev–Trinajstić information content (AvgIpc) is 2.45. The van der Waals surface area contributed by atoms with E-state index in [0.29, 0.717) is 18.4 Å². The van der Waals surface area contributed by atoms with Crippen LogP contribution in [0.1, 0.15) is 50.9 Å². The van der Waals surface area contributed by atoms with Crippen LogP contribution in [0.15, 0.2) is 24.3 Å². The van der Waals surface area contributed by atoms with Crippen molar-refractivity contribution >= 4 is 5.91 Å². The summed E-state index contributed by atoms with van der Waals surface area (Å²) in [5.74, 6) is 0.579. The maximum Gasteiger partial charge on any atom is 0.251 e. The van der Waals surface area contributed by atoms with Crippen molar-refractivity contribution < 1.29 is 14.6 Å². The van der Waals surface area contributed by atoms with Gasteiger partial charge >= 0.3 is 0 Å². The number of hydrogen-bond acceptors (Lipinski definition) is 3. The number of ether oxygens (including phenoxy) is 1. The number of carbonyl (C=O) groups is 1. The fourth-order valence-corrected chi connectivity index (χ4v) is 1.96. The Hall–Kier alpha value is -1.55. The fourth-order valence-electron chi connectivity index (χ4n) is 1.96. The van der Waals surface area contributed by atoms with Gasteiger partial charge in [-0.3, -0.25) is 4.79 Å². The standard InChI is InChI=1S/C16H25NO3/c1-5-16(6-2,11-18)17-15(19)13-7-9-14(10-8-13)20-12(3)4/h7-10,12,18H,5-6,11H2,1-4H3,(H,17,19). The minimum Gasteiger partial charge on any atom is -0.491 e. The van der Waals surface area contributed by atoms with Crippen molar-refractivity contribution in [2.45, 2.75) is 52.2 Å². The predicted molar refractivity (Wildman–Crippen MR) is 80.1 cm³/mol. The Balaban J connectivity index is 2.77. The molecule has 1 aromatic carbocycles. The molecule has 0 aromatic heterocycles. The van der Waals surface area contributed by atoms with Gasteiger partial charge in [-0.05, 0) is 51.0 Å². The van der Waals surface area contributed by atoms with E-state index in [9.17, 15) is 9.90 Å². The van der Waals surface area contributed by atoms with E-state index in [1.807, 2.05) is 27.7 Å². The van der Waals surface area contributed by atoms with E-state index in [4.69, 9.17) is 4.74 Å². The third-order valence-electron chi connectivity index (χ3n) is 3.52. The number of aliphatic hydroxyl groups excluding tert-OH is 1. The molecule has 0 saturated carbocycles. The second-order valence-electron chi connectivity index (χ2n) is 5.29. The first-order valence-corrected chi connectivity index (χ1v) is 7.16. The number of amides is 1. The molecule has 0 heterocycles. The van der Waals surface area contributed by atoms with Crippen LogP contribution in [-0.2, 0) is 0 Å². The number of carbonyl (C=O) groups excluding carboxylic acids is 1. The summed E-state index contributed by atoms with van der Waals surface area (Å²) in [6.45, 7) is 7.77. The van der Waals surface area contributed by atoms with Gasteiger partial charge in [-0.15, -0.1) is 0 Å². The number of nitrogens with one attached hydrogen (secondary N) is 1. The Kier molecular flexibility index (Phi) is 6.02. The van der Waals surface area contributed by atoms with Crippen molar-refractivity contribution in [2.75, 3.05) is 6.61 Å². The summed E-state index contributed by atoms with van der Waals surface area (Å²) in [5.41, 5.74) is 0.0327. The van der Waals surface area contributed by atoms with E-state index in [0.717, 1.165) is 5.75 Å². The van der Waals surface area contributed by atoms with E-state index in [-0.39, 0.29) is 18.6 Å². The number of rotatable bonds is 7. The lowest BCUT2D eigenvalue weighted by atomic mass is 9.93. The lowest BCUT2D eigenvalue weighted by Gasteiger charge is -2.30. The Morgan fingerprint density at radius 1 is 1.25 bits per heavy atom. The van der Waals surface area contributed by atoms with Crippen LogP contribution in [0.2, 0.25) is 0 Å². The maximum absolute atomic E-state index is 12.2. The van der Waals surface area contributed by atoms with Gasteiger partial charge in [0.15, 0.2) is 0 Å². The first-order chi connectivity index (χ1) is 9.46. The summed E-state index contributed by atoms with van der Waals surface area (Å²) in [4.78, 5) is 12.2. The van der Waals surface area contributed by atoms with E-state index in [1.165, 1.54) is 0 Å². The molecule has 0 saturated heterocycles.